The lowest BCUT2D eigenvalue weighted by Gasteiger charge is -1.68. The van der Waals surface area contributed by atoms with Crippen LogP contribution in [0.4, 0.5) is 0 Å². The van der Waals surface area contributed by atoms with Crippen molar-refractivity contribution in [1.82, 2.24) is 12.3 Å². The van der Waals surface area contributed by atoms with Crippen LogP contribution in [0.5, 0.6) is 0 Å². The van der Waals surface area contributed by atoms with E-state index in [-0.39, 0.29) is 18.9 Å². The topological polar surface area (TPSA) is 165 Å². The van der Waals surface area contributed by atoms with Crippen LogP contribution in [0.2, 0.25) is 0 Å². The van der Waals surface area contributed by atoms with Crippen molar-refractivity contribution in [2.45, 2.75) is 6.92 Å². The third kappa shape index (κ3) is 2630. The van der Waals surface area contributed by atoms with Crippen molar-refractivity contribution >= 4 is 10.4 Å². The minimum Gasteiger partial charge on any atom is -0.397 e. The molecule has 12 heavy (non-hydrogen) atoms. The van der Waals surface area contributed by atoms with Gasteiger partial charge in [-0.2, -0.15) is 8.42 Å². The molecule has 80 valence electrons. The van der Waals surface area contributed by atoms with E-state index < -0.39 is 10.4 Å². The van der Waals surface area contributed by atoms with Crippen LogP contribution in [0.15, 0.2) is 13.2 Å². The summed E-state index contributed by atoms with van der Waals surface area (Å²) in [6, 6.07) is 0. The summed E-state index contributed by atoms with van der Waals surface area (Å²) in [5.41, 5.74) is 0. The molecule has 9 N–H and O–H groups in total. The zero-order valence-corrected chi connectivity index (χ0v) is 7.92. The van der Waals surface area contributed by atoms with E-state index in [2.05, 4.69) is 13.2 Å². The van der Waals surface area contributed by atoms with Crippen LogP contribution in [-0.2, 0) is 10.4 Å². The van der Waals surface area contributed by atoms with Crippen molar-refractivity contribution in [2.75, 3.05) is 6.61 Å². The molecule has 0 aromatic rings. The average Bonchev–Trinajstić information content (AvgIpc) is 1.68. The summed E-state index contributed by atoms with van der Waals surface area (Å²) in [5.74, 6) is 0. The molecule has 0 fully saturated rings. The molecule has 8 heteroatoms. The molecule has 0 aromatic heterocycles. The first kappa shape index (κ1) is 30.0. The van der Waals surface area contributed by atoms with E-state index in [1.807, 2.05) is 0 Å². The Kier molecular flexibility index (Phi) is 56.1. The van der Waals surface area contributed by atoms with E-state index in [1.54, 1.807) is 6.92 Å². The van der Waals surface area contributed by atoms with E-state index in [4.69, 9.17) is 22.6 Å². The van der Waals surface area contributed by atoms with Crippen LogP contribution in [0.1, 0.15) is 6.92 Å². The minimum atomic E-state index is -4.67. The third-order valence-electron chi connectivity index (χ3n) is 0. The van der Waals surface area contributed by atoms with Crippen LogP contribution < -0.4 is 12.3 Å². The molecule has 0 rings (SSSR count). The van der Waals surface area contributed by atoms with Gasteiger partial charge in [0.05, 0.1) is 0 Å². The van der Waals surface area contributed by atoms with E-state index in [1.165, 1.54) is 0 Å². The molecule has 0 saturated heterocycles. The molecule has 0 aromatic carbocycles. The van der Waals surface area contributed by atoms with Crippen LogP contribution >= 0.6 is 0 Å². The number of hydrogen-bond acceptors (Lipinski definition) is 5. The Morgan fingerprint density at radius 2 is 1.17 bits per heavy atom. The Morgan fingerprint density at radius 1 is 1.17 bits per heavy atom. The van der Waals surface area contributed by atoms with Crippen molar-refractivity contribution in [1.29, 1.82) is 0 Å². The molecule has 0 spiro atoms. The van der Waals surface area contributed by atoms with E-state index in [0.717, 1.165) is 0 Å². The molecule has 0 unspecified atom stereocenters. The maximum absolute atomic E-state index is 8.74. The van der Waals surface area contributed by atoms with Crippen LogP contribution in [0.3, 0.4) is 0 Å². The molecule has 0 amide bonds. The summed E-state index contributed by atoms with van der Waals surface area (Å²) in [6.45, 7) is 7.93. The SMILES string of the molecule is C=C.CCO.N.N.O=S(=O)(O)O. The van der Waals surface area contributed by atoms with Gasteiger partial charge in [-0.05, 0) is 6.92 Å². The fourth-order valence-corrected chi connectivity index (χ4v) is 0. The third-order valence-corrected chi connectivity index (χ3v) is 0. The smallest absolute Gasteiger partial charge is 0.394 e. The first-order valence-electron chi connectivity index (χ1n) is 2.22. The summed E-state index contributed by atoms with van der Waals surface area (Å²) in [6.07, 6.45) is 0. The molecular formula is C4H18N2O5S. The molecule has 0 heterocycles. The number of hydrogen-bond donors (Lipinski definition) is 5. The van der Waals surface area contributed by atoms with Crippen LogP contribution in [0.25, 0.3) is 0 Å². The highest BCUT2D eigenvalue weighted by molar-refractivity contribution is 7.79. The summed E-state index contributed by atoms with van der Waals surface area (Å²) in [5, 5.41) is 7.57. The molecular weight excluding hydrogens is 188 g/mol. The minimum absolute atomic E-state index is 0. The lowest BCUT2D eigenvalue weighted by molar-refractivity contribution is 0.318. The van der Waals surface area contributed by atoms with Crippen molar-refractivity contribution < 1.29 is 22.6 Å². The molecule has 0 aliphatic rings. The van der Waals surface area contributed by atoms with Gasteiger partial charge in [0.15, 0.2) is 0 Å². The molecule has 0 aliphatic carbocycles. The highest BCUT2D eigenvalue weighted by Gasteiger charge is 1.84. The monoisotopic (exact) mass is 206 g/mol. The number of rotatable bonds is 0. The maximum atomic E-state index is 8.74. The zero-order chi connectivity index (χ0) is 9.21. The van der Waals surface area contributed by atoms with Gasteiger partial charge in [0.1, 0.15) is 0 Å². The first-order valence-corrected chi connectivity index (χ1v) is 3.62. The molecule has 0 bridgehead atoms. The highest BCUT2D eigenvalue weighted by Crippen LogP contribution is 1.59. The van der Waals surface area contributed by atoms with E-state index in [9.17, 15) is 0 Å². The normalized spacial score (nSPS) is 6.67. The summed E-state index contributed by atoms with van der Waals surface area (Å²) in [7, 11) is -4.67. The lowest BCUT2D eigenvalue weighted by atomic mass is 10.9. The van der Waals surface area contributed by atoms with Gasteiger partial charge in [-0.15, -0.1) is 13.2 Å². The number of aliphatic hydroxyl groups is 1. The van der Waals surface area contributed by atoms with Crippen LogP contribution in [-0.4, -0.2) is 29.2 Å². The fourth-order valence-electron chi connectivity index (χ4n) is 0. The lowest BCUT2D eigenvalue weighted by Crippen LogP contribution is -1.89. The van der Waals surface area contributed by atoms with Gasteiger partial charge in [0.25, 0.3) is 0 Å². The standard InChI is InChI=1S/C2H6O.C2H4.2H3N.H2O4S/c1-2-3;1-2;;;1-5(2,3)4/h3H,2H2,1H3;1-2H2;2*1H3;(H2,1,2,3,4). The van der Waals surface area contributed by atoms with Crippen LogP contribution in [0, 0.1) is 0 Å². The zero-order valence-electron chi connectivity index (χ0n) is 7.10. The second kappa shape index (κ2) is 22.4. The average molecular weight is 206 g/mol. The predicted molar refractivity (Wildman–Crippen MR) is 48.2 cm³/mol. The van der Waals surface area contributed by atoms with Gasteiger partial charge >= 0.3 is 10.4 Å². The largest absolute Gasteiger partial charge is 0.397 e. The molecule has 7 nitrogen and oxygen atoms in total. The second-order valence-corrected chi connectivity index (χ2v) is 1.66. The second-order valence-electron chi connectivity index (χ2n) is 0.764. The predicted octanol–water partition coefficient (Wildman–Crippen LogP) is 0.472. The van der Waals surface area contributed by atoms with Gasteiger partial charge < -0.3 is 17.4 Å². The van der Waals surface area contributed by atoms with E-state index in [0.29, 0.717) is 0 Å². The van der Waals surface area contributed by atoms with Gasteiger partial charge in [-0.3, -0.25) is 9.11 Å². The number of aliphatic hydroxyl groups excluding tert-OH is 1. The van der Waals surface area contributed by atoms with Gasteiger partial charge in [0, 0.05) is 6.61 Å². The Hall–Kier alpha value is -0.510. The van der Waals surface area contributed by atoms with Crippen molar-refractivity contribution in [2.24, 2.45) is 0 Å². The summed E-state index contributed by atoms with van der Waals surface area (Å²) in [4.78, 5) is 0. The van der Waals surface area contributed by atoms with E-state index >= 15 is 0 Å². The maximum Gasteiger partial charge on any atom is 0.394 e. The van der Waals surface area contributed by atoms with Gasteiger partial charge in [0.2, 0.25) is 0 Å². The molecule has 0 atom stereocenters. The van der Waals surface area contributed by atoms with Crippen molar-refractivity contribution in [3.05, 3.63) is 13.2 Å². The van der Waals surface area contributed by atoms with Gasteiger partial charge in [-0.25, -0.2) is 0 Å². The quantitative estimate of drug-likeness (QED) is 0.284. The summed E-state index contributed by atoms with van der Waals surface area (Å²) < 4.78 is 31.6. The van der Waals surface area contributed by atoms with Crippen molar-refractivity contribution in [3.63, 3.8) is 0 Å². The van der Waals surface area contributed by atoms with Gasteiger partial charge in [-0.1, -0.05) is 0 Å². The first-order chi connectivity index (χ1) is 4.41. The molecule has 0 aliphatic heterocycles. The Bertz CT molecular complexity index is 126. The molecule has 0 saturated carbocycles. The molecule has 0 radical (unpaired) electrons. The Balaban J connectivity index is -0.0000000209. The van der Waals surface area contributed by atoms with Crippen molar-refractivity contribution in [3.8, 4) is 0 Å². The Labute approximate surface area is 72.9 Å². The Morgan fingerprint density at radius 3 is 1.17 bits per heavy atom. The summed E-state index contributed by atoms with van der Waals surface area (Å²) >= 11 is 0. The highest BCUT2D eigenvalue weighted by atomic mass is 32.3. The fraction of sp³-hybridized carbons (Fsp3) is 0.500.